The van der Waals surface area contributed by atoms with Gasteiger partial charge in [-0.15, -0.1) is 0 Å². The quantitative estimate of drug-likeness (QED) is 0.634. The molecular weight excluding hydrogens is 378 g/mol. The number of anilines is 2. The fourth-order valence-electron chi connectivity index (χ4n) is 6.25. The van der Waals surface area contributed by atoms with Gasteiger partial charge in [0, 0.05) is 18.5 Å². The molecule has 0 radical (unpaired) electrons. The number of carbonyl (C=O) groups excluding carboxylic acids is 2. The lowest BCUT2D eigenvalue weighted by atomic mass is 9.53. The lowest BCUT2D eigenvalue weighted by molar-refractivity contribution is -0.116. The lowest BCUT2D eigenvalue weighted by Gasteiger charge is -2.57. The van der Waals surface area contributed by atoms with Gasteiger partial charge < -0.3 is 20.4 Å². The molecule has 4 saturated carbocycles. The largest absolute Gasteiger partial charge is 0.472 e. The van der Waals surface area contributed by atoms with Crippen molar-refractivity contribution in [3.63, 3.8) is 0 Å². The van der Waals surface area contributed by atoms with E-state index in [1.807, 2.05) is 18.2 Å². The third-order valence-corrected chi connectivity index (χ3v) is 7.06. The molecule has 158 valence electrons. The van der Waals surface area contributed by atoms with Gasteiger partial charge in [-0.3, -0.25) is 9.59 Å². The minimum absolute atomic E-state index is 0.109. The van der Waals surface area contributed by atoms with Gasteiger partial charge in [0.1, 0.15) is 6.26 Å². The summed E-state index contributed by atoms with van der Waals surface area (Å²) in [5.41, 5.74) is 2.48. The molecule has 4 bridgehead atoms. The van der Waals surface area contributed by atoms with E-state index in [2.05, 4.69) is 22.0 Å². The van der Waals surface area contributed by atoms with Crippen molar-refractivity contribution in [1.29, 1.82) is 0 Å². The zero-order chi connectivity index (χ0) is 20.6. The van der Waals surface area contributed by atoms with Crippen molar-refractivity contribution in [1.82, 2.24) is 5.32 Å². The first kappa shape index (κ1) is 19.2. The fraction of sp³-hybridized carbons (Fsp3) is 0.500. The van der Waals surface area contributed by atoms with Crippen molar-refractivity contribution in [2.24, 2.45) is 17.8 Å². The summed E-state index contributed by atoms with van der Waals surface area (Å²) in [6.07, 6.45) is 11.0. The van der Waals surface area contributed by atoms with Crippen molar-refractivity contribution in [3.05, 3.63) is 48.4 Å². The van der Waals surface area contributed by atoms with Crippen molar-refractivity contribution in [2.45, 2.75) is 50.5 Å². The molecule has 4 fully saturated rings. The highest BCUT2D eigenvalue weighted by molar-refractivity contribution is 5.96. The predicted octanol–water partition coefficient (Wildman–Crippen LogP) is 4.42. The summed E-state index contributed by atoms with van der Waals surface area (Å²) in [6, 6.07) is 9.58. The van der Waals surface area contributed by atoms with E-state index >= 15 is 0 Å². The van der Waals surface area contributed by atoms with E-state index in [-0.39, 0.29) is 30.3 Å². The van der Waals surface area contributed by atoms with Crippen LogP contribution in [0.4, 0.5) is 11.4 Å². The SMILES string of the molecule is O=C(CCNC(=O)c1ccoc1)Nc1ccccc1NC12CC3CC(CC(C3)C1)C2. The topological polar surface area (TPSA) is 83.4 Å². The second-order valence-corrected chi connectivity index (χ2v) is 9.43. The van der Waals surface area contributed by atoms with Crippen LogP contribution in [0.3, 0.4) is 0 Å². The number of furan rings is 1. The van der Waals surface area contributed by atoms with Crippen LogP contribution in [-0.4, -0.2) is 23.9 Å². The molecule has 0 aliphatic heterocycles. The van der Waals surface area contributed by atoms with Crippen LogP contribution >= 0.6 is 0 Å². The van der Waals surface area contributed by atoms with Crippen molar-refractivity contribution in [2.75, 3.05) is 17.2 Å². The number of nitrogens with one attached hydrogen (secondary N) is 3. The molecule has 0 unspecified atom stereocenters. The highest BCUT2D eigenvalue weighted by atomic mass is 16.3. The van der Waals surface area contributed by atoms with Crippen LogP contribution in [0.15, 0.2) is 47.3 Å². The number of hydrogen-bond donors (Lipinski definition) is 3. The predicted molar refractivity (Wildman–Crippen MR) is 115 cm³/mol. The first-order valence-corrected chi connectivity index (χ1v) is 11.1. The summed E-state index contributed by atoms with van der Waals surface area (Å²) in [5, 5.41) is 9.63. The maximum atomic E-state index is 12.5. The van der Waals surface area contributed by atoms with Crippen molar-refractivity contribution >= 4 is 23.2 Å². The molecule has 6 rings (SSSR count). The molecule has 1 aromatic carbocycles. The maximum absolute atomic E-state index is 12.5. The monoisotopic (exact) mass is 407 g/mol. The van der Waals surface area contributed by atoms with Crippen LogP contribution in [0.2, 0.25) is 0 Å². The molecule has 4 aliphatic rings. The smallest absolute Gasteiger partial charge is 0.254 e. The number of para-hydroxylation sites is 2. The van der Waals surface area contributed by atoms with Gasteiger partial charge in [-0.25, -0.2) is 0 Å². The molecule has 0 spiro atoms. The first-order valence-electron chi connectivity index (χ1n) is 11.1. The van der Waals surface area contributed by atoms with E-state index in [1.54, 1.807) is 6.07 Å². The minimum atomic E-state index is -0.236. The molecular formula is C24H29N3O3. The summed E-state index contributed by atoms with van der Waals surface area (Å²) >= 11 is 0. The fourth-order valence-corrected chi connectivity index (χ4v) is 6.25. The maximum Gasteiger partial charge on any atom is 0.254 e. The number of hydrogen-bond acceptors (Lipinski definition) is 4. The Balaban J connectivity index is 1.19. The summed E-state index contributed by atoms with van der Waals surface area (Å²) < 4.78 is 4.91. The van der Waals surface area contributed by atoms with E-state index in [0.29, 0.717) is 5.56 Å². The van der Waals surface area contributed by atoms with Gasteiger partial charge in [0.05, 0.1) is 23.2 Å². The van der Waals surface area contributed by atoms with Crippen LogP contribution in [-0.2, 0) is 4.79 Å². The Morgan fingerprint density at radius 3 is 2.27 bits per heavy atom. The average molecular weight is 408 g/mol. The molecule has 4 aliphatic carbocycles. The van der Waals surface area contributed by atoms with Crippen LogP contribution in [0.25, 0.3) is 0 Å². The number of carbonyl (C=O) groups is 2. The molecule has 6 nitrogen and oxygen atoms in total. The molecule has 0 saturated heterocycles. The van der Waals surface area contributed by atoms with Gasteiger partial charge in [-0.1, -0.05) is 12.1 Å². The van der Waals surface area contributed by atoms with E-state index in [1.165, 1.54) is 51.1 Å². The Kier molecular flexibility index (Phi) is 5.01. The number of rotatable bonds is 7. The zero-order valence-electron chi connectivity index (χ0n) is 17.2. The molecule has 30 heavy (non-hydrogen) atoms. The summed E-state index contributed by atoms with van der Waals surface area (Å²) in [5.74, 6) is 2.25. The van der Waals surface area contributed by atoms with Gasteiger partial charge in [0.25, 0.3) is 5.91 Å². The van der Waals surface area contributed by atoms with E-state index in [4.69, 9.17) is 4.42 Å². The Morgan fingerprint density at radius 1 is 0.967 bits per heavy atom. The Morgan fingerprint density at radius 2 is 1.63 bits per heavy atom. The number of benzene rings is 1. The summed E-state index contributed by atoms with van der Waals surface area (Å²) in [4.78, 5) is 24.4. The molecule has 1 aromatic heterocycles. The van der Waals surface area contributed by atoms with Crippen LogP contribution < -0.4 is 16.0 Å². The third-order valence-electron chi connectivity index (χ3n) is 7.06. The lowest BCUT2D eigenvalue weighted by Crippen LogP contribution is -2.54. The van der Waals surface area contributed by atoms with Gasteiger partial charge in [-0.05, 0) is 74.5 Å². The molecule has 2 aromatic rings. The van der Waals surface area contributed by atoms with Crippen molar-refractivity contribution < 1.29 is 14.0 Å². The summed E-state index contributed by atoms with van der Waals surface area (Å²) in [6.45, 7) is 0.278. The highest BCUT2D eigenvalue weighted by Gasteiger charge is 2.51. The average Bonchev–Trinajstić information content (AvgIpc) is 3.23. The van der Waals surface area contributed by atoms with Crippen LogP contribution in [0.5, 0.6) is 0 Å². The molecule has 3 N–H and O–H groups in total. The molecule has 0 atom stereocenters. The van der Waals surface area contributed by atoms with Crippen LogP contribution in [0, 0.1) is 17.8 Å². The van der Waals surface area contributed by atoms with E-state index in [0.717, 1.165) is 29.1 Å². The van der Waals surface area contributed by atoms with Crippen molar-refractivity contribution in [3.8, 4) is 0 Å². The Labute approximate surface area is 176 Å². The first-order chi connectivity index (χ1) is 14.6. The Hall–Kier alpha value is -2.76. The van der Waals surface area contributed by atoms with Gasteiger partial charge in [0.15, 0.2) is 0 Å². The third kappa shape index (κ3) is 3.95. The van der Waals surface area contributed by atoms with E-state index < -0.39 is 0 Å². The standard InChI is InChI=1S/C24H29N3O3/c28-22(5-7-25-23(29)19-6-8-30-15-19)26-20-3-1-2-4-21(20)27-24-12-16-9-17(13-24)11-18(10-16)14-24/h1-4,6,8,15-18,27H,5,7,9-14H2,(H,25,29)(H,26,28). The minimum Gasteiger partial charge on any atom is -0.472 e. The molecule has 1 heterocycles. The second-order valence-electron chi connectivity index (χ2n) is 9.43. The molecule has 6 heteroatoms. The van der Waals surface area contributed by atoms with Gasteiger partial charge in [-0.2, -0.15) is 0 Å². The van der Waals surface area contributed by atoms with Gasteiger partial charge in [0.2, 0.25) is 5.91 Å². The van der Waals surface area contributed by atoms with E-state index in [9.17, 15) is 9.59 Å². The normalized spacial score (nSPS) is 28.9. The van der Waals surface area contributed by atoms with Gasteiger partial charge >= 0.3 is 0 Å². The Bertz CT molecular complexity index is 886. The zero-order valence-corrected chi connectivity index (χ0v) is 17.2. The summed E-state index contributed by atoms with van der Waals surface area (Å²) in [7, 11) is 0. The second kappa shape index (κ2) is 7.82. The number of amides is 2. The molecule has 2 amide bonds. The highest BCUT2D eigenvalue weighted by Crippen LogP contribution is 2.56. The van der Waals surface area contributed by atoms with Crippen LogP contribution in [0.1, 0.15) is 55.3 Å².